The number of ether oxygens (including phenoxy) is 2. The van der Waals surface area contributed by atoms with Crippen molar-refractivity contribution in [2.75, 3.05) is 6.61 Å². The molecule has 0 fully saturated rings. The predicted octanol–water partition coefficient (Wildman–Crippen LogP) is 4.24. The van der Waals surface area contributed by atoms with Gasteiger partial charge in [0.25, 0.3) is 0 Å². The first-order chi connectivity index (χ1) is 13.6. The molecule has 0 unspecified atom stereocenters. The molecule has 2 aromatic carbocycles. The van der Waals surface area contributed by atoms with Crippen LogP contribution in [0, 0.1) is 11.3 Å². The highest BCUT2D eigenvalue weighted by molar-refractivity contribution is 5.96. The second kappa shape index (κ2) is 8.69. The minimum absolute atomic E-state index is 0.0342. The molecule has 0 aliphatic heterocycles. The number of nitriles is 1. The van der Waals surface area contributed by atoms with Gasteiger partial charge in [0, 0.05) is 11.5 Å². The lowest BCUT2D eigenvalue weighted by molar-refractivity contribution is -0.138. The van der Waals surface area contributed by atoms with Crippen molar-refractivity contribution < 1.29 is 23.5 Å². The summed E-state index contributed by atoms with van der Waals surface area (Å²) in [6.45, 7) is 1.79. The summed E-state index contributed by atoms with van der Waals surface area (Å²) in [7, 11) is 0. The zero-order chi connectivity index (χ0) is 19.9. The molecule has 0 saturated heterocycles. The van der Waals surface area contributed by atoms with Crippen LogP contribution in [0.25, 0.3) is 17.0 Å². The van der Waals surface area contributed by atoms with Gasteiger partial charge >= 0.3 is 11.9 Å². The molecule has 0 amide bonds. The van der Waals surface area contributed by atoms with Gasteiger partial charge in [0.2, 0.25) is 5.76 Å². The largest absolute Gasteiger partial charge is 0.460 e. The second-order valence-corrected chi connectivity index (χ2v) is 5.80. The van der Waals surface area contributed by atoms with Gasteiger partial charge in [-0.3, -0.25) is 0 Å². The number of nitrogens with zero attached hydrogens (tertiary/aromatic N) is 1. The van der Waals surface area contributed by atoms with Gasteiger partial charge in [0.05, 0.1) is 23.8 Å². The van der Waals surface area contributed by atoms with Crippen molar-refractivity contribution in [2.45, 2.75) is 13.5 Å². The number of fused-ring (bicyclic) bond motifs is 1. The van der Waals surface area contributed by atoms with Gasteiger partial charge in [-0.15, -0.1) is 0 Å². The minimum atomic E-state index is -0.599. The van der Waals surface area contributed by atoms with Crippen LogP contribution in [0.5, 0.6) is 0 Å². The van der Waals surface area contributed by atoms with E-state index in [0.717, 1.165) is 5.56 Å². The SMILES string of the molecule is CCOC(=O)c1oc2ccccc2c1COC(=O)/C=C/c1ccc(C#N)cc1. The smallest absolute Gasteiger partial charge is 0.374 e. The van der Waals surface area contributed by atoms with Gasteiger partial charge in [-0.25, -0.2) is 9.59 Å². The molecule has 6 nitrogen and oxygen atoms in total. The highest BCUT2D eigenvalue weighted by Gasteiger charge is 2.22. The fourth-order valence-corrected chi connectivity index (χ4v) is 2.63. The van der Waals surface area contributed by atoms with E-state index in [0.29, 0.717) is 22.1 Å². The molecule has 0 bridgehead atoms. The molecule has 3 aromatic rings. The summed E-state index contributed by atoms with van der Waals surface area (Å²) in [4.78, 5) is 24.2. The molecular formula is C22H17NO5. The highest BCUT2D eigenvalue weighted by atomic mass is 16.5. The summed E-state index contributed by atoms with van der Waals surface area (Å²) < 4.78 is 15.9. The first-order valence-electron chi connectivity index (χ1n) is 8.65. The van der Waals surface area contributed by atoms with E-state index in [1.54, 1.807) is 55.5 Å². The van der Waals surface area contributed by atoms with E-state index in [2.05, 4.69) is 0 Å². The summed E-state index contributed by atoms with van der Waals surface area (Å²) in [5, 5.41) is 9.48. The van der Waals surface area contributed by atoms with Crippen LogP contribution in [0.1, 0.15) is 34.2 Å². The first-order valence-corrected chi connectivity index (χ1v) is 8.65. The first kappa shape index (κ1) is 18.9. The number of carbonyl (C=O) groups is 2. The van der Waals surface area contributed by atoms with Crippen LogP contribution >= 0.6 is 0 Å². The molecular weight excluding hydrogens is 358 g/mol. The van der Waals surface area contributed by atoms with Crippen molar-refractivity contribution in [3.63, 3.8) is 0 Å². The molecule has 6 heteroatoms. The maximum Gasteiger partial charge on any atom is 0.374 e. The second-order valence-electron chi connectivity index (χ2n) is 5.80. The molecule has 28 heavy (non-hydrogen) atoms. The zero-order valence-electron chi connectivity index (χ0n) is 15.2. The zero-order valence-corrected chi connectivity index (χ0v) is 15.2. The van der Waals surface area contributed by atoms with Gasteiger partial charge in [-0.1, -0.05) is 30.3 Å². The van der Waals surface area contributed by atoms with Crippen molar-refractivity contribution in [1.29, 1.82) is 5.26 Å². The Balaban J connectivity index is 1.74. The van der Waals surface area contributed by atoms with Crippen molar-refractivity contribution in [3.05, 3.63) is 77.1 Å². The van der Waals surface area contributed by atoms with E-state index in [9.17, 15) is 9.59 Å². The van der Waals surface area contributed by atoms with Crippen molar-refractivity contribution >= 4 is 29.0 Å². The number of esters is 2. The van der Waals surface area contributed by atoms with Gasteiger partial charge in [-0.2, -0.15) is 5.26 Å². The number of carbonyl (C=O) groups excluding carboxylic acids is 2. The third-order valence-electron chi connectivity index (χ3n) is 3.97. The van der Waals surface area contributed by atoms with E-state index >= 15 is 0 Å². The van der Waals surface area contributed by atoms with Crippen LogP contribution in [0.3, 0.4) is 0 Å². The molecule has 0 aliphatic carbocycles. The van der Waals surface area contributed by atoms with Gasteiger partial charge < -0.3 is 13.9 Å². The Morgan fingerprint density at radius 1 is 1.11 bits per heavy atom. The Labute approximate surface area is 161 Å². The van der Waals surface area contributed by atoms with Gasteiger partial charge in [0.15, 0.2) is 0 Å². The maximum absolute atomic E-state index is 12.1. The van der Waals surface area contributed by atoms with E-state index in [1.165, 1.54) is 6.08 Å². The van der Waals surface area contributed by atoms with E-state index < -0.39 is 11.9 Å². The Morgan fingerprint density at radius 3 is 2.57 bits per heavy atom. The normalized spacial score (nSPS) is 10.7. The molecule has 3 rings (SSSR count). The molecule has 1 heterocycles. The Bertz CT molecular complexity index is 1070. The Hall–Kier alpha value is -3.85. The predicted molar refractivity (Wildman–Crippen MR) is 102 cm³/mol. The average Bonchev–Trinajstić information content (AvgIpc) is 3.10. The van der Waals surface area contributed by atoms with Gasteiger partial charge in [-0.05, 0) is 36.8 Å². The van der Waals surface area contributed by atoms with Crippen LogP contribution in [0.2, 0.25) is 0 Å². The lowest BCUT2D eigenvalue weighted by Crippen LogP contribution is -2.08. The number of para-hydroxylation sites is 1. The summed E-state index contributed by atoms with van der Waals surface area (Å²) in [5.41, 5.74) is 2.29. The Morgan fingerprint density at radius 2 is 1.86 bits per heavy atom. The van der Waals surface area contributed by atoms with Crippen LogP contribution in [0.4, 0.5) is 0 Å². The van der Waals surface area contributed by atoms with Crippen LogP contribution in [0.15, 0.2) is 59.0 Å². The van der Waals surface area contributed by atoms with Crippen molar-refractivity contribution in [1.82, 2.24) is 0 Å². The third kappa shape index (κ3) is 4.27. The van der Waals surface area contributed by atoms with Crippen LogP contribution in [-0.2, 0) is 20.9 Å². The number of furan rings is 1. The van der Waals surface area contributed by atoms with Crippen LogP contribution < -0.4 is 0 Å². The molecule has 0 spiro atoms. The fourth-order valence-electron chi connectivity index (χ4n) is 2.63. The monoisotopic (exact) mass is 375 g/mol. The quantitative estimate of drug-likeness (QED) is 0.473. The topological polar surface area (TPSA) is 89.5 Å². The third-order valence-corrected chi connectivity index (χ3v) is 3.97. The summed E-state index contributed by atoms with van der Waals surface area (Å²) in [5.74, 6) is -1.13. The highest BCUT2D eigenvalue weighted by Crippen LogP contribution is 2.27. The van der Waals surface area contributed by atoms with E-state index in [4.69, 9.17) is 19.2 Å². The van der Waals surface area contributed by atoms with Crippen LogP contribution in [-0.4, -0.2) is 18.5 Å². The van der Waals surface area contributed by atoms with E-state index in [-0.39, 0.29) is 19.0 Å². The molecule has 140 valence electrons. The summed E-state index contributed by atoms with van der Waals surface area (Å²) in [6, 6.07) is 15.9. The number of benzene rings is 2. The number of hydrogen-bond acceptors (Lipinski definition) is 6. The average molecular weight is 375 g/mol. The number of rotatable bonds is 6. The fraction of sp³-hybridized carbons (Fsp3) is 0.136. The molecule has 0 saturated carbocycles. The lowest BCUT2D eigenvalue weighted by atomic mass is 10.1. The lowest BCUT2D eigenvalue weighted by Gasteiger charge is -2.04. The maximum atomic E-state index is 12.1. The molecule has 0 N–H and O–H groups in total. The molecule has 0 atom stereocenters. The summed E-state index contributed by atoms with van der Waals surface area (Å²) >= 11 is 0. The van der Waals surface area contributed by atoms with Crippen molar-refractivity contribution in [3.8, 4) is 6.07 Å². The van der Waals surface area contributed by atoms with Gasteiger partial charge in [0.1, 0.15) is 12.2 Å². The molecule has 1 aromatic heterocycles. The Kier molecular flexibility index (Phi) is 5.87. The molecule has 0 aliphatic rings. The summed E-state index contributed by atoms with van der Waals surface area (Å²) in [6.07, 6.45) is 2.87. The van der Waals surface area contributed by atoms with E-state index in [1.807, 2.05) is 12.1 Å². The van der Waals surface area contributed by atoms with Crippen molar-refractivity contribution in [2.24, 2.45) is 0 Å². The molecule has 0 radical (unpaired) electrons. The minimum Gasteiger partial charge on any atom is -0.460 e. The standard InChI is InChI=1S/C22H17NO5/c1-2-26-22(25)21-18(17-5-3-4-6-19(17)28-21)14-27-20(24)12-11-15-7-9-16(13-23)10-8-15/h3-12H,2,14H2,1H3/b12-11+. The number of hydrogen-bond donors (Lipinski definition) is 0.